The minimum atomic E-state index is 0.626. The molecule has 2 aliphatic rings. The van der Waals surface area contributed by atoms with Crippen LogP contribution in [-0.2, 0) is 6.42 Å². The standard InChI is InChI=1S/C20H32N2/c1-17(2)15-18-5-7-19(8-6-18)22-13-11-21(12-14-22)16-20(3)9-4-10-20/h5-8,17H,4,9-16H2,1-3H3. The monoisotopic (exact) mass is 300 g/mol. The fraction of sp³-hybridized carbons (Fsp3) is 0.700. The van der Waals surface area contributed by atoms with Gasteiger partial charge in [-0.25, -0.2) is 0 Å². The molecule has 1 saturated heterocycles. The van der Waals surface area contributed by atoms with E-state index in [9.17, 15) is 0 Å². The number of hydrogen-bond acceptors (Lipinski definition) is 2. The maximum Gasteiger partial charge on any atom is 0.0367 e. The van der Waals surface area contributed by atoms with Crippen LogP contribution in [-0.4, -0.2) is 37.6 Å². The molecule has 0 spiro atoms. The summed E-state index contributed by atoms with van der Waals surface area (Å²) in [5.74, 6) is 0.738. The molecule has 0 bridgehead atoms. The summed E-state index contributed by atoms with van der Waals surface area (Å²) in [7, 11) is 0. The van der Waals surface area contributed by atoms with E-state index in [4.69, 9.17) is 0 Å². The normalized spacial score (nSPS) is 21.9. The largest absolute Gasteiger partial charge is 0.369 e. The van der Waals surface area contributed by atoms with Crippen LogP contribution in [0, 0.1) is 11.3 Å². The molecule has 22 heavy (non-hydrogen) atoms. The van der Waals surface area contributed by atoms with Gasteiger partial charge >= 0.3 is 0 Å². The van der Waals surface area contributed by atoms with E-state index in [2.05, 4.69) is 54.8 Å². The van der Waals surface area contributed by atoms with Crippen molar-refractivity contribution in [3.05, 3.63) is 29.8 Å². The van der Waals surface area contributed by atoms with Crippen molar-refractivity contribution in [1.29, 1.82) is 0 Å². The second-order valence-electron chi connectivity index (χ2n) is 8.19. The first-order valence-corrected chi connectivity index (χ1v) is 9.10. The third kappa shape index (κ3) is 3.84. The van der Waals surface area contributed by atoms with Crippen molar-refractivity contribution in [2.75, 3.05) is 37.6 Å². The van der Waals surface area contributed by atoms with Crippen LogP contribution in [0.25, 0.3) is 0 Å². The SMILES string of the molecule is CC(C)Cc1ccc(N2CCN(CC3(C)CCC3)CC2)cc1. The van der Waals surface area contributed by atoms with E-state index < -0.39 is 0 Å². The van der Waals surface area contributed by atoms with Gasteiger partial charge in [0.05, 0.1) is 0 Å². The first-order chi connectivity index (χ1) is 10.5. The van der Waals surface area contributed by atoms with Crippen LogP contribution in [0.2, 0.25) is 0 Å². The summed E-state index contributed by atoms with van der Waals surface area (Å²) in [5, 5.41) is 0. The van der Waals surface area contributed by atoms with Crippen LogP contribution < -0.4 is 4.90 Å². The van der Waals surface area contributed by atoms with E-state index in [1.165, 1.54) is 69.7 Å². The van der Waals surface area contributed by atoms with Crippen LogP contribution in [0.5, 0.6) is 0 Å². The van der Waals surface area contributed by atoms with Gasteiger partial charge in [-0.3, -0.25) is 4.90 Å². The van der Waals surface area contributed by atoms with Gasteiger partial charge in [-0.1, -0.05) is 39.3 Å². The van der Waals surface area contributed by atoms with Crippen LogP contribution in [0.1, 0.15) is 45.6 Å². The highest BCUT2D eigenvalue weighted by Gasteiger charge is 2.34. The lowest BCUT2D eigenvalue weighted by Crippen LogP contribution is -2.50. The second kappa shape index (κ2) is 6.62. The van der Waals surface area contributed by atoms with Gasteiger partial charge in [0.1, 0.15) is 0 Å². The number of rotatable bonds is 5. The number of hydrogen-bond donors (Lipinski definition) is 0. The number of anilines is 1. The van der Waals surface area contributed by atoms with Crippen molar-refractivity contribution in [2.24, 2.45) is 11.3 Å². The lowest BCUT2D eigenvalue weighted by molar-refractivity contribution is 0.0819. The zero-order chi connectivity index (χ0) is 15.6. The van der Waals surface area contributed by atoms with Crippen molar-refractivity contribution >= 4 is 5.69 Å². The van der Waals surface area contributed by atoms with Gasteiger partial charge in [-0.05, 0) is 48.3 Å². The molecule has 0 radical (unpaired) electrons. The van der Waals surface area contributed by atoms with E-state index in [0.29, 0.717) is 5.41 Å². The minimum Gasteiger partial charge on any atom is -0.369 e. The molecule has 0 unspecified atom stereocenters. The molecule has 1 aromatic carbocycles. The quantitative estimate of drug-likeness (QED) is 0.804. The third-order valence-corrected chi connectivity index (χ3v) is 5.48. The smallest absolute Gasteiger partial charge is 0.0367 e. The Morgan fingerprint density at radius 2 is 1.64 bits per heavy atom. The van der Waals surface area contributed by atoms with Gasteiger partial charge in [0.15, 0.2) is 0 Å². The molecule has 3 rings (SSSR count). The summed E-state index contributed by atoms with van der Waals surface area (Å²) in [6.07, 6.45) is 5.50. The first-order valence-electron chi connectivity index (χ1n) is 9.10. The summed E-state index contributed by atoms with van der Waals surface area (Å²) in [6, 6.07) is 9.27. The molecule has 1 heterocycles. The van der Waals surface area contributed by atoms with Crippen LogP contribution in [0.15, 0.2) is 24.3 Å². The Morgan fingerprint density at radius 1 is 1.00 bits per heavy atom. The van der Waals surface area contributed by atoms with E-state index in [1.807, 2.05) is 0 Å². The maximum absolute atomic E-state index is 2.68. The van der Waals surface area contributed by atoms with Crippen LogP contribution >= 0.6 is 0 Å². The molecule has 2 fully saturated rings. The summed E-state index contributed by atoms with van der Waals surface area (Å²) < 4.78 is 0. The highest BCUT2D eigenvalue weighted by atomic mass is 15.3. The summed E-state index contributed by atoms with van der Waals surface area (Å²) in [6.45, 7) is 13.2. The Kier molecular flexibility index (Phi) is 4.77. The van der Waals surface area contributed by atoms with Crippen molar-refractivity contribution in [3.63, 3.8) is 0 Å². The van der Waals surface area contributed by atoms with Crippen LogP contribution in [0.4, 0.5) is 5.69 Å². The molecule has 2 heteroatoms. The topological polar surface area (TPSA) is 6.48 Å². The minimum absolute atomic E-state index is 0.626. The molecule has 1 aromatic rings. The highest BCUT2D eigenvalue weighted by molar-refractivity contribution is 5.48. The molecule has 1 aliphatic heterocycles. The Labute approximate surface area is 136 Å². The fourth-order valence-corrected chi connectivity index (χ4v) is 3.96. The molecule has 0 aromatic heterocycles. The molecule has 1 aliphatic carbocycles. The van der Waals surface area contributed by atoms with Gasteiger partial charge < -0.3 is 4.90 Å². The Morgan fingerprint density at radius 3 is 2.14 bits per heavy atom. The van der Waals surface area contributed by atoms with Gasteiger partial charge in [0.25, 0.3) is 0 Å². The van der Waals surface area contributed by atoms with Gasteiger partial charge in [-0.2, -0.15) is 0 Å². The third-order valence-electron chi connectivity index (χ3n) is 5.48. The average molecular weight is 300 g/mol. The molecule has 122 valence electrons. The van der Waals surface area contributed by atoms with E-state index in [1.54, 1.807) is 0 Å². The number of nitrogens with zero attached hydrogens (tertiary/aromatic N) is 2. The Balaban J connectivity index is 1.50. The molecular weight excluding hydrogens is 268 g/mol. The van der Waals surface area contributed by atoms with Gasteiger partial charge in [0.2, 0.25) is 0 Å². The van der Waals surface area contributed by atoms with Crippen molar-refractivity contribution in [3.8, 4) is 0 Å². The molecular formula is C20H32N2. The Bertz CT molecular complexity index is 465. The zero-order valence-corrected chi connectivity index (χ0v) is 14.6. The van der Waals surface area contributed by atoms with Crippen molar-refractivity contribution < 1.29 is 0 Å². The first kappa shape index (κ1) is 15.9. The molecule has 2 nitrogen and oxygen atoms in total. The van der Waals surface area contributed by atoms with Crippen molar-refractivity contribution in [2.45, 2.75) is 46.5 Å². The fourth-order valence-electron chi connectivity index (χ4n) is 3.96. The van der Waals surface area contributed by atoms with Gasteiger partial charge in [0, 0.05) is 38.4 Å². The second-order valence-corrected chi connectivity index (χ2v) is 8.19. The molecule has 0 amide bonds. The molecule has 0 N–H and O–H groups in total. The average Bonchev–Trinajstić information content (AvgIpc) is 2.47. The molecule has 0 atom stereocenters. The van der Waals surface area contributed by atoms with Gasteiger partial charge in [-0.15, -0.1) is 0 Å². The summed E-state index contributed by atoms with van der Waals surface area (Å²) in [5.41, 5.74) is 3.50. The zero-order valence-electron chi connectivity index (χ0n) is 14.6. The highest BCUT2D eigenvalue weighted by Crippen LogP contribution is 2.41. The summed E-state index contributed by atoms with van der Waals surface area (Å²) in [4.78, 5) is 5.24. The van der Waals surface area contributed by atoms with Crippen molar-refractivity contribution in [1.82, 2.24) is 4.90 Å². The van der Waals surface area contributed by atoms with E-state index in [0.717, 1.165) is 5.92 Å². The summed E-state index contributed by atoms with van der Waals surface area (Å²) >= 11 is 0. The number of piperazine rings is 1. The lowest BCUT2D eigenvalue weighted by Gasteiger charge is -2.45. The predicted octanol–water partition coefficient (Wildman–Crippen LogP) is 4.20. The van der Waals surface area contributed by atoms with E-state index in [-0.39, 0.29) is 0 Å². The maximum atomic E-state index is 2.68. The predicted molar refractivity (Wildman–Crippen MR) is 95.6 cm³/mol. The number of benzene rings is 1. The van der Waals surface area contributed by atoms with E-state index >= 15 is 0 Å². The molecule has 1 saturated carbocycles. The Hall–Kier alpha value is -1.02. The lowest BCUT2D eigenvalue weighted by atomic mass is 9.70. The van der Waals surface area contributed by atoms with Crippen LogP contribution in [0.3, 0.4) is 0 Å².